The van der Waals surface area contributed by atoms with Gasteiger partial charge in [-0.1, -0.05) is 23.1 Å². The maximum atomic E-state index is 5.39. The molecule has 0 radical (unpaired) electrons. The number of hydrogen-bond acceptors (Lipinski definition) is 7. The lowest BCUT2D eigenvalue weighted by Gasteiger charge is -1.90. The maximum Gasteiger partial charge on any atom is 0.212 e. The summed E-state index contributed by atoms with van der Waals surface area (Å²) in [5.74, 6) is 0.559. The second-order valence-corrected chi connectivity index (χ2v) is 4.28. The molecule has 0 unspecified atom stereocenters. The van der Waals surface area contributed by atoms with E-state index >= 15 is 0 Å². The molecule has 5 nitrogen and oxygen atoms in total. The Balaban J connectivity index is 2.57. The summed E-state index contributed by atoms with van der Waals surface area (Å²) in [6.45, 7) is 0.315. The molecule has 0 aromatic carbocycles. The summed E-state index contributed by atoms with van der Waals surface area (Å²) in [5, 5.41) is 7.74. The molecule has 2 aromatic heterocycles. The van der Waals surface area contributed by atoms with E-state index in [9.17, 15) is 0 Å². The monoisotopic (exact) mass is 213 g/mol. The zero-order valence-electron chi connectivity index (χ0n) is 6.89. The lowest BCUT2D eigenvalue weighted by Crippen LogP contribution is -2.03. The second-order valence-electron chi connectivity index (χ2n) is 2.24. The first-order valence-electron chi connectivity index (χ1n) is 3.57. The highest BCUT2D eigenvalue weighted by Gasteiger charge is 2.06. The predicted molar refractivity (Wildman–Crippen MR) is 52.7 cm³/mol. The first-order chi connectivity index (χ1) is 6.33. The summed E-state index contributed by atoms with van der Waals surface area (Å²) in [7, 11) is 0. The van der Waals surface area contributed by atoms with Gasteiger partial charge < -0.3 is 5.73 Å². The molecule has 2 rings (SSSR count). The van der Waals surface area contributed by atoms with Gasteiger partial charge in [0, 0.05) is 0 Å². The number of nitrogens with two attached hydrogens (primary N) is 1. The van der Waals surface area contributed by atoms with Crippen molar-refractivity contribution in [1.82, 2.24) is 20.2 Å². The van der Waals surface area contributed by atoms with Crippen LogP contribution < -0.4 is 5.73 Å². The first-order valence-corrected chi connectivity index (χ1v) is 5.62. The van der Waals surface area contributed by atoms with E-state index in [1.807, 2.05) is 6.26 Å². The fourth-order valence-corrected chi connectivity index (χ4v) is 2.22. The van der Waals surface area contributed by atoms with Crippen LogP contribution in [-0.2, 0) is 6.54 Å². The van der Waals surface area contributed by atoms with Crippen LogP contribution in [0.1, 0.15) is 5.82 Å². The summed E-state index contributed by atoms with van der Waals surface area (Å²) in [6.07, 6.45) is 1.97. The van der Waals surface area contributed by atoms with Crippen molar-refractivity contribution in [2.45, 2.75) is 10.9 Å². The van der Waals surface area contributed by atoms with E-state index in [-0.39, 0.29) is 0 Å². The molecule has 0 spiro atoms. The molecule has 68 valence electrons. The molecule has 0 atom stereocenters. The van der Waals surface area contributed by atoms with Gasteiger partial charge in [-0.25, -0.2) is 9.97 Å². The van der Waals surface area contributed by atoms with E-state index in [4.69, 9.17) is 5.73 Å². The third kappa shape index (κ3) is 1.62. The first kappa shape index (κ1) is 8.79. The largest absolute Gasteiger partial charge is 0.324 e. The van der Waals surface area contributed by atoms with Gasteiger partial charge in [0.15, 0.2) is 15.0 Å². The maximum absolute atomic E-state index is 5.39. The Hall–Kier alpha value is -0.790. The average Bonchev–Trinajstić information content (AvgIpc) is 2.58. The van der Waals surface area contributed by atoms with Crippen molar-refractivity contribution >= 4 is 33.6 Å². The van der Waals surface area contributed by atoms with Gasteiger partial charge in [-0.2, -0.15) is 0 Å². The van der Waals surface area contributed by atoms with Crippen molar-refractivity contribution in [1.29, 1.82) is 0 Å². The normalized spacial score (nSPS) is 10.9. The molecule has 2 heterocycles. The van der Waals surface area contributed by atoms with Crippen LogP contribution in [0.4, 0.5) is 0 Å². The molecule has 13 heavy (non-hydrogen) atoms. The Labute approximate surface area is 82.8 Å². The van der Waals surface area contributed by atoms with Crippen LogP contribution in [0.25, 0.3) is 10.5 Å². The number of aromatic nitrogens is 4. The van der Waals surface area contributed by atoms with Gasteiger partial charge >= 0.3 is 0 Å². The summed E-state index contributed by atoms with van der Waals surface area (Å²) >= 11 is 3.09. The fourth-order valence-electron chi connectivity index (χ4n) is 0.842. The van der Waals surface area contributed by atoms with Crippen LogP contribution in [-0.4, -0.2) is 26.4 Å². The lowest BCUT2D eigenvalue weighted by atomic mass is 10.6. The number of nitrogens with zero attached hydrogens (tertiary/aromatic N) is 4. The van der Waals surface area contributed by atoms with E-state index in [0.717, 1.165) is 9.17 Å². The molecule has 0 aliphatic rings. The summed E-state index contributed by atoms with van der Waals surface area (Å²) in [4.78, 5) is 9.22. The van der Waals surface area contributed by atoms with Gasteiger partial charge in [0.2, 0.25) is 5.65 Å². The third-order valence-electron chi connectivity index (χ3n) is 1.42. The lowest BCUT2D eigenvalue weighted by molar-refractivity contribution is 0.856. The minimum absolute atomic E-state index is 0.315. The van der Waals surface area contributed by atoms with Gasteiger partial charge in [0.05, 0.1) is 6.54 Å². The number of thioether (sulfide) groups is 1. The van der Waals surface area contributed by atoms with Crippen molar-refractivity contribution in [3.63, 3.8) is 0 Å². The Kier molecular flexibility index (Phi) is 2.38. The van der Waals surface area contributed by atoms with E-state index in [1.54, 1.807) is 11.8 Å². The van der Waals surface area contributed by atoms with Crippen LogP contribution >= 0.6 is 23.1 Å². The van der Waals surface area contributed by atoms with Crippen molar-refractivity contribution in [3.05, 3.63) is 5.82 Å². The van der Waals surface area contributed by atoms with Gasteiger partial charge in [-0.15, -0.1) is 10.2 Å². The van der Waals surface area contributed by atoms with Crippen molar-refractivity contribution < 1.29 is 0 Å². The van der Waals surface area contributed by atoms with Crippen molar-refractivity contribution in [2.75, 3.05) is 6.26 Å². The molecular weight excluding hydrogens is 206 g/mol. The summed E-state index contributed by atoms with van der Waals surface area (Å²) in [5.41, 5.74) is 6.00. The quantitative estimate of drug-likeness (QED) is 0.738. The van der Waals surface area contributed by atoms with Crippen LogP contribution in [0.15, 0.2) is 4.34 Å². The van der Waals surface area contributed by atoms with Crippen LogP contribution in [0.2, 0.25) is 0 Å². The van der Waals surface area contributed by atoms with Crippen molar-refractivity contribution in [2.24, 2.45) is 5.73 Å². The highest BCUT2D eigenvalue weighted by atomic mass is 32.2. The van der Waals surface area contributed by atoms with Gasteiger partial charge in [0.25, 0.3) is 0 Å². The SMILES string of the molecule is CSc1nc2nnc(CN)nc2s1. The van der Waals surface area contributed by atoms with Gasteiger partial charge in [-0.3, -0.25) is 0 Å². The fraction of sp³-hybridized carbons (Fsp3) is 0.333. The standard InChI is InChI=1S/C6H7N5S2/c1-12-6-9-4-5(13-6)8-3(2-7)10-11-4/h2,7H2,1H3. The molecule has 0 fully saturated rings. The molecular formula is C6H7N5S2. The molecule has 7 heteroatoms. The van der Waals surface area contributed by atoms with Gasteiger partial charge in [0.1, 0.15) is 0 Å². The van der Waals surface area contributed by atoms with E-state index < -0.39 is 0 Å². The minimum Gasteiger partial charge on any atom is -0.324 e. The molecule has 2 aromatic rings. The Morgan fingerprint density at radius 3 is 2.92 bits per heavy atom. The molecule has 0 bridgehead atoms. The number of rotatable bonds is 2. The van der Waals surface area contributed by atoms with Crippen LogP contribution in [0, 0.1) is 0 Å². The third-order valence-corrected chi connectivity index (χ3v) is 3.34. The molecule has 0 aliphatic heterocycles. The van der Waals surface area contributed by atoms with Crippen LogP contribution in [0.3, 0.4) is 0 Å². The highest BCUT2D eigenvalue weighted by Crippen LogP contribution is 2.24. The van der Waals surface area contributed by atoms with Crippen LogP contribution in [0.5, 0.6) is 0 Å². The zero-order valence-corrected chi connectivity index (χ0v) is 8.52. The minimum atomic E-state index is 0.315. The second kappa shape index (κ2) is 3.52. The van der Waals surface area contributed by atoms with Crippen molar-refractivity contribution in [3.8, 4) is 0 Å². The highest BCUT2D eigenvalue weighted by molar-refractivity contribution is 8.00. The summed E-state index contributed by atoms with van der Waals surface area (Å²) in [6, 6.07) is 0. The number of hydrogen-bond donors (Lipinski definition) is 1. The van der Waals surface area contributed by atoms with E-state index in [2.05, 4.69) is 20.2 Å². The Bertz CT molecular complexity index is 424. The smallest absolute Gasteiger partial charge is 0.212 e. The number of fused-ring (bicyclic) bond motifs is 1. The Morgan fingerprint density at radius 2 is 2.23 bits per heavy atom. The zero-order chi connectivity index (χ0) is 9.26. The summed E-state index contributed by atoms with van der Waals surface area (Å²) < 4.78 is 0.950. The molecule has 0 aliphatic carbocycles. The molecule has 0 amide bonds. The van der Waals surface area contributed by atoms with E-state index in [1.165, 1.54) is 11.3 Å². The van der Waals surface area contributed by atoms with Gasteiger partial charge in [-0.05, 0) is 6.26 Å². The molecule has 0 saturated carbocycles. The number of thiazole rings is 1. The predicted octanol–water partition coefficient (Wildman–Crippen LogP) is 0.662. The van der Waals surface area contributed by atoms with E-state index in [0.29, 0.717) is 18.0 Å². The average molecular weight is 213 g/mol. The molecule has 0 saturated heterocycles. The molecule has 2 N–H and O–H groups in total. The Morgan fingerprint density at radius 1 is 1.38 bits per heavy atom. The topological polar surface area (TPSA) is 77.6 Å².